The number of aromatic nitrogens is 2. The molecule has 0 saturated carbocycles. The molecule has 3 aromatic rings. The zero-order chi connectivity index (χ0) is 15.0. The Labute approximate surface area is 135 Å². The molecule has 2 N–H and O–H groups in total. The number of nitrogens with one attached hydrogen (secondary N) is 2. The summed E-state index contributed by atoms with van der Waals surface area (Å²) in [5.74, 6) is 1.44. The first-order valence-electron chi connectivity index (χ1n) is 6.56. The van der Waals surface area contributed by atoms with Crippen LogP contribution in [0.1, 0.15) is 10.4 Å². The fourth-order valence-corrected chi connectivity index (χ4v) is 3.57. The molecule has 2 aromatic heterocycles. The van der Waals surface area contributed by atoms with Crippen LogP contribution in [0.4, 0.5) is 17.5 Å². The van der Waals surface area contributed by atoms with Crippen LogP contribution in [0.25, 0.3) is 10.2 Å². The van der Waals surface area contributed by atoms with Crippen molar-refractivity contribution in [3.8, 4) is 0 Å². The minimum Gasteiger partial charge on any atom is -0.357 e. The van der Waals surface area contributed by atoms with Crippen LogP contribution in [-0.2, 0) is 0 Å². The van der Waals surface area contributed by atoms with Crippen LogP contribution in [0.15, 0.2) is 28.7 Å². The summed E-state index contributed by atoms with van der Waals surface area (Å²) >= 11 is 5.26. The molecular formula is C15H15BrN4S. The van der Waals surface area contributed by atoms with E-state index in [1.54, 1.807) is 11.3 Å². The van der Waals surface area contributed by atoms with Gasteiger partial charge in [-0.3, -0.25) is 0 Å². The van der Waals surface area contributed by atoms with E-state index in [-0.39, 0.29) is 0 Å². The van der Waals surface area contributed by atoms with Crippen molar-refractivity contribution in [2.24, 2.45) is 0 Å². The second kappa shape index (κ2) is 5.61. The number of thiophene rings is 1. The molecule has 2 heterocycles. The molecule has 0 amide bonds. The van der Waals surface area contributed by atoms with Crippen LogP contribution >= 0.6 is 27.3 Å². The van der Waals surface area contributed by atoms with Crippen molar-refractivity contribution in [3.63, 3.8) is 0 Å². The highest BCUT2D eigenvalue weighted by Crippen LogP contribution is 2.33. The number of aryl methyl sites for hydroxylation is 2. The van der Waals surface area contributed by atoms with Gasteiger partial charge in [-0.1, -0.05) is 6.07 Å². The average Bonchev–Trinajstić information content (AvgIpc) is 2.82. The standard InChI is InChI=1S/C15H15BrN4S/c1-8-4-5-12(11(16)6-8)18-13-10-7-9(2)21-14(10)20-15(17-3)19-13/h4-7H,1-3H3,(H2,17,18,19,20). The molecule has 21 heavy (non-hydrogen) atoms. The van der Waals surface area contributed by atoms with Crippen molar-refractivity contribution in [3.05, 3.63) is 39.2 Å². The number of hydrogen-bond donors (Lipinski definition) is 2. The molecular weight excluding hydrogens is 348 g/mol. The number of rotatable bonds is 3. The summed E-state index contributed by atoms with van der Waals surface area (Å²) in [6.07, 6.45) is 0. The second-order valence-electron chi connectivity index (χ2n) is 4.83. The summed E-state index contributed by atoms with van der Waals surface area (Å²) in [4.78, 5) is 11.2. The van der Waals surface area contributed by atoms with Crippen molar-refractivity contribution in [1.82, 2.24) is 9.97 Å². The maximum Gasteiger partial charge on any atom is 0.225 e. The maximum atomic E-state index is 4.54. The Morgan fingerprint density at radius 2 is 1.95 bits per heavy atom. The molecule has 3 rings (SSSR count). The van der Waals surface area contributed by atoms with Gasteiger partial charge in [-0.05, 0) is 53.5 Å². The first kappa shape index (κ1) is 14.3. The molecule has 6 heteroatoms. The lowest BCUT2D eigenvalue weighted by atomic mass is 10.2. The van der Waals surface area contributed by atoms with E-state index in [1.165, 1.54) is 10.4 Å². The van der Waals surface area contributed by atoms with Gasteiger partial charge >= 0.3 is 0 Å². The van der Waals surface area contributed by atoms with Crippen molar-refractivity contribution < 1.29 is 0 Å². The summed E-state index contributed by atoms with van der Waals surface area (Å²) < 4.78 is 1.02. The van der Waals surface area contributed by atoms with Gasteiger partial charge in [0, 0.05) is 16.4 Å². The van der Waals surface area contributed by atoms with E-state index in [1.807, 2.05) is 13.1 Å². The zero-order valence-electron chi connectivity index (χ0n) is 12.0. The van der Waals surface area contributed by atoms with Crippen LogP contribution < -0.4 is 10.6 Å². The molecule has 0 bridgehead atoms. The summed E-state index contributed by atoms with van der Waals surface area (Å²) in [5, 5.41) is 7.46. The molecule has 1 aromatic carbocycles. The molecule has 4 nitrogen and oxygen atoms in total. The lowest BCUT2D eigenvalue weighted by Gasteiger charge is -2.10. The molecule has 0 unspecified atom stereocenters. The summed E-state index contributed by atoms with van der Waals surface area (Å²) in [5.41, 5.74) is 2.20. The molecule has 108 valence electrons. The van der Waals surface area contributed by atoms with Gasteiger partial charge in [-0.2, -0.15) is 4.98 Å². The third-order valence-electron chi connectivity index (χ3n) is 3.12. The molecule has 0 fully saturated rings. The van der Waals surface area contributed by atoms with E-state index in [9.17, 15) is 0 Å². The van der Waals surface area contributed by atoms with Crippen LogP contribution in [-0.4, -0.2) is 17.0 Å². The second-order valence-corrected chi connectivity index (χ2v) is 6.92. The predicted octanol–water partition coefficient (Wildman–Crippen LogP) is 4.86. The van der Waals surface area contributed by atoms with Gasteiger partial charge in [0.25, 0.3) is 0 Å². The van der Waals surface area contributed by atoms with Crippen LogP contribution in [0.2, 0.25) is 0 Å². The third-order valence-corrected chi connectivity index (χ3v) is 4.72. The minimum absolute atomic E-state index is 0.620. The highest BCUT2D eigenvalue weighted by molar-refractivity contribution is 9.10. The van der Waals surface area contributed by atoms with Crippen LogP contribution in [0, 0.1) is 13.8 Å². The Kier molecular flexibility index (Phi) is 3.82. The number of nitrogens with zero attached hydrogens (tertiary/aromatic N) is 2. The fourth-order valence-electron chi connectivity index (χ4n) is 2.10. The molecule has 0 saturated heterocycles. The first-order valence-corrected chi connectivity index (χ1v) is 8.17. The monoisotopic (exact) mass is 362 g/mol. The van der Waals surface area contributed by atoms with Crippen molar-refractivity contribution >= 4 is 54.9 Å². The molecule has 0 radical (unpaired) electrons. The molecule has 0 spiro atoms. The lowest BCUT2D eigenvalue weighted by Crippen LogP contribution is -2.01. The average molecular weight is 363 g/mol. The Morgan fingerprint density at radius 3 is 2.67 bits per heavy atom. The van der Waals surface area contributed by atoms with Gasteiger partial charge in [0.15, 0.2) is 0 Å². The Morgan fingerprint density at radius 1 is 1.14 bits per heavy atom. The highest BCUT2D eigenvalue weighted by atomic mass is 79.9. The number of benzene rings is 1. The van der Waals surface area contributed by atoms with Crippen molar-refractivity contribution in [2.75, 3.05) is 17.7 Å². The number of halogens is 1. The smallest absolute Gasteiger partial charge is 0.225 e. The van der Waals surface area contributed by atoms with Gasteiger partial charge in [-0.25, -0.2) is 4.98 Å². The Balaban J connectivity index is 2.10. The van der Waals surface area contributed by atoms with Gasteiger partial charge in [0.05, 0.1) is 11.1 Å². The largest absolute Gasteiger partial charge is 0.357 e. The lowest BCUT2D eigenvalue weighted by molar-refractivity contribution is 1.20. The summed E-state index contributed by atoms with van der Waals surface area (Å²) in [7, 11) is 1.83. The normalized spacial score (nSPS) is 10.9. The zero-order valence-corrected chi connectivity index (χ0v) is 14.4. The molecule has 0 aliphatic heterocycles. The summed E-state index contributed by atoms with van der Waals surface area (Å²) in [6, 6.07) is 8.32. The third kappa shape index (κ3) is 2.87. The van der Waals surface area contributed by atoms with E-state index in [4.69, 9.17) is 0 Å². The fraction of sp³-hybridized carbons (Fsp3) is 0.200. The van der Waals surface area contributed by atoms with Crippen molar-refractivity contribution in [2.45, 2.75) is 13.8 Å². The molecule has 0 aliphatic rings. The number of hydrogen-bond acceptors (Lipinski definition) is 5. The topological polar surface area (TPSA) is 49.8 Å². The van der Waals surface area contributed by atoms with Gasteiger partial charge in [0.1, 0.15) is 10.6 Å². The van der Waals surface area contributed by atoms with E-state index >= 15 is 0 Å². The van der Waals surface area contributed by atoms with Gasteiger partial charge < -0.3 is 10.6 Å². The van der Waals surface area contributed by atoms with Crippen molar-refractivity contribution in [1.29, 1.82) is 0 Å². The Hall–Kier alpha value is -1.66. The van der Waals surface area contributed by atoms with Gasteiger partial charge in [0.2, 0.25) is 5.95 Å². The number of fused-ring (bicyclic) bond motifs is 1. The predicted molar refractivity (Wildman–Crippen MR) is 93.9 cm³/mol. The van der Waals surface area contributed by atoms with E-state index in [0.717, 1.165) is 26.2 Å². The summed E-state index contributed by atoms with van der Waals surface area (Å²) in [6.45, 7) is 4.15. The van der Waals surface area contributed by atoms with E-state index in [0.29, 0.717) is 5.95 Å². The maximum absolute atomic E-state index is 4.54. The Bertz CT molecular complexity index is 813. The van der Waals surface area contributed by atoms with Crippen LogP contribution in [0.3, 0.4) is 0 Å². The van der Waals surface area contributed by atoms with E-state index in [2.05, 4.69) is 68.6 Å². The van der Waals surface area contributed by atoms with E-state index < -0.39 is 0 Å². The molecule has 0 aliphatic carbocycles. The van der Waals surface area contributed by atoms with Crippen LogP contribution in [0.5, 0.6) is 0 Å². The van der Waals surface area contributed by atoms with Gasteiger partial charge in [-0.15, -0.1) is 11.3 Å². The number of anilines is 3. The highest BCUT2D eigenvalue weighted by Gasteiger charge is 2.11. The first-order chi connectivity index (χ1) is 10.1. The molecule has 0 atom stereocenters. The quantitative estimate of drug-likeness (QED) is 0.698. The minimum atomic E-state index is 0.620. The SMILES string of the molecule is CNc1nc(Nc2ccc(C)cc2Br)c2cc(C)sc2n1.